The predicted molar refractivity (Wildman–Crippen MR) is 96.0 cm³/mol. The van der Waals surface area contributed by atoms with E-state index in [0.717, 1.165) is 6.61 Å². The average molecular weight is 299 g/mol. The van der Waals surface area contributed by atoms with Gasteiger partial charge < -0.3 is 4.74 Å². The van der Waals surface area contributed by atoms with Crippen LogP contribution < -0.4 is 0 Å². The first kappa shape index (κ1) is 21.0. The van der Waals surface area contributed by atoms with Crippen molar-refractivity contribution in [2.75, 3.05) is 6.61 Å². The number of rotatable bonds is 16. The van der Waals surface area contributed by atoms with E-state index >= 15 is 0 Å². The van der Waals surface area contributed by atoms with E-state index in [4.69, 9.17) is 4.74 Å². The molecule has 1 heteroatoms. The van der Waals surface area contributed by atoms with Crippen molar-refractivity contribution < 1.29 is 4.74 Å². The molecule has 0 N–H and O–H groups in total. The van der Waals surface area contributed by atoms with Gasteiger partial charge in [-0.1, -0.05) is 91.9 Å². The third-order valence-electron chi connectivity index (χ3n) is 4.61. The normalized spacial score (nSPS) is 12.0. The summed E-state index contributed by atoms with van der Waals surface area (Å²) in [5, 5.41) is 0. The Morgan fingerprint density at radius 3 is 1.52 bits per heavy atom. The van der Waals surface area contributed by atoms with Crippen LogP contribution in [-0.2, 0) is 4.74 Å². The summed E-state index contributed by atoms with van der Waals surface area (Å²) in [5.41, 5.74) is 0.202. The minimum atomic E-state index is 0.202. The zero-order valence-electron chi connectivity index (χ0n) is 15.5. The van der Waals surface area contributed by atoms with E-state index in [-0.39, 0.29) is 5.60 Å². The maximum atomic E-state index is 6.53. The predicted octanol–water partition coefficient (Wildman–Crippen LogP) is 7.28. The summed E-state index contributed by atoms with van der Waals surface area (Å²) < 4.78 is 6.53. The van der Waals surface area contributed by atoms with Crippen LogP contribution in [0.1, 0.15) is 118 Å². The van der Waals surface area contributed by atoms with Gasteiger partial charge in [-0.15, -0.1) is 0 Å². The Labute approximate surface area is 135 Å². The lowest BCUT2D eigenvalue weighted by Gasteiger charge is -2.35. The largest absolute Gasteiger partial charge is 0.375 e. The molecule has 0 unspecified atom stereocenters. The Kier molecular flexibility index (Phi) is 14.9. The molecule has 0 aromatic carbocycles. The van der Waals surface area contributed by atoms with Gasteiger partial charge in [-0.3, -0.25) is 0 Å². The Morgan fingerprint density at radius 1 is 0.524 bits per heavy atom. The van der Waals surface area contributed by atoms with E-state index in [9.17, 15) is 0 Å². The van der Waals surface area contributed by atoms with Crippen LogP contribution in [0.3, 0.4) is 0 Å². The van der Waals surface area contributed by atoms with Crippen molar-refractivity contribution in [2.24, 2.45) is 0 Å². The maximum absolute atomic E-state index is 6.53. The van der Waals surface area contributed by atoms with Gasteiger partial charge in [0.15, 0.2) is 0 Å². The fourth-order valence-corrected chi connectivity index (χ4v) is 3.10. The summed E-state index contributed by atoms with van der Waals surface area (Å²) in [6, 6.07) is 0. The lowest BCUT2D eigenvalue weighted by atomic mass is 9.85. The van der Waals surface area contributed by atoms with Crippen molar-refractivity contribution in [1.29, 1.82) is 0 Å². The average Bonchev–Trinajstić information content (AvgIpc) is 2.50. The van der Waals surface area contributed by atoms with Crippen molar-refractivity contribution in [1.82, 2.24) is 0 Å². The van der Waals surface area contributed by atoms with E-state index in [1.165, 1.54) is 89.9 Å². The second-order valence-electron chi connectivity index (χ2n) is 6.76. The first-order chi connectivity index (χ1) is 10.2. The third-order valence-corrected chi connectivity index (χ3v) is 4.61. The Bertz CT molecular complexity index is 192. The zero-order chi connectivity index (χ0) is 15.8. The molecule has 0 bridgehead atoms. The second kappa shape index (κ2) is 14.9. The number of hydrogen-bond acceptors (Lipinski definition) is 1. The van der Waals surface area contributed by atoms with Crippen LogP contribution in [0, 0.1) is 0 Å². The van der Waals surface area contributed by atoms with Gasteiger partial charge in [-0.05, 0) is 25.7 Å². The summed E-state index contributed by atoms with van der Waals surface area (Å²) in [5.74, 6) is 0. The molecule has 0 spiro atoms. The lowest BCUT2D eigenvalue weighted by molar-refractivity contribution is -0.0689. The van der Waals surface area contributed by atoms with Crippen LogP contribution in [0.15, 0.2) is 0 Å². The zero-order valence-corrected chi connectivity index (χ0v) is 15.5. The fraction of sp³-hybridized carbons (Fsp3) is 1.00. The molecule has 0 heterocycles. The molecule has 0 amide bonds. The molecule has 0 aliphatic heterocycles. The standard InChI is InChI=1S/C20H42O/c1-5-9-13-15-19-21-20(16-11-7-3,17-12-8-4)18-14-10-6-2/h5-19H2,1-4H3. The van der Waals surface area contributed by atoms with E-state index in [1.807, 2.05) is 0 Å². The van der Waals surface area contributed by atoms with Crippen LogP contribution >= 0.6 is 0 Å². The molecular weight excluding hydrogens is 256 g/mol. The Balaban J connectivity index is 4.39. The highest BCUT2D eigenvalue weighted by atomic mass is 16.5. The van der Waals surface area contributed by atoms with E-state index < -0.39 is 0 Å². The highest BCUT2D eigenvalue weighted by Crippen LogP contribution is 2.32. The number of hydrogen-bond donors (Lipinski definition) is 0. The molecule has 21 heavy (non-hydrogen) atoms. The molecule has 0 saturated heterocycles. The molecule has 0 radical (unpaired) electrons. The lowest BCUT2D eigenvalue weighted by Crippen LogP contribution is -2.33. The molecular formula is C20H42O. The van der Waals surface area contributed by atoms with Gasteiger partial charge in [0.05, 0.1) is 5.60 Å². The SMILES string of the molecule is CCCCCCOC(CCCC)(CCCC)CCCCC. The highest BCUT2D eigenvalue weighted by molar-refractivity contribution is 4.81. The minimum Gasteiger partial charge on any atom is -0.375 e. The van der Waals surface area contributed by atoms with Gasteiger partial charge in [0.1, 0.15) is 0 Å². The molecule has 0 aromatic rings. The third kappa shape index (κ3) is 11.2. The molecule has 128 valence electrons. The summed E-state index contributed by atoms with van der Waals surface area (Å²) in [6.07, 6.45) is 18.4. The number of unbranched alkanes of at least 4 members (excludes halogenated alkanes) is 7. The van der Waals surface area contributed by atoms with Crippen LogP contribution in [0.4, 0.5) is 0 Å². The van der Waals surface area contributed by atoms with Gasteiger partial charge in [-0.2, -0.15) is 0 Å². The second-order valence-corrected chi connectivity index (χ2v) is 6.76. The van der Waals surface area contributed by atoms with Gasteiger partial charge in [0.25, 0.3) is 0 Å². The molecule has 0 fully saturated rings. The Morgan fingerprint density at radius 2 is 1.00 bits per heavy atom. The molecule has 1 nitrogen and oxygen atoms in total. The first-order valence-corrected chi connectivity index (χ1v) is 9.88. The van der Waals surface area contributed by atoms with Crippen molar-refractivity contribution in [3.63, 3.8) is 0 Å². The van der Waals surface area contributed by atoms with Crippen LogP contribution in [-0.4, -0.2) is 12.2 Å². The summed E-state index contributed by atoms with van der Waals surface area (Å²) >= 11 is 0. The quantitative estimate of drug-likeness (QED) is 0.272. The summed E-state index contributed by atoms with van der Waals surface area (Å²) in [7, 11) is 0. The molecule has 0 aliphatic carbocycles. The van der Waals surface area contributed by atoms with Crippen LogP contribution in [0.2, 0.25) is 0 Å². The topological polar surface area (TPSA) is 9.23 Å². The monoisotopic (exact) mass is 298 g/mol. The minimum absolute atomic E-state index is 0.202. The highest BCUT2D eigenvalue weighted by Gasteiger charge is 2.29. The molecule has 0 rings (SSSR count). The first-order valence-electron chi connectivity index (χ1n) is 9.88. The van der Waals surface area contributed by atoms with Crippen molar-refractivity contribution in [3.8, 4) is 0 Å². The Hall–Kier alpha value is -0.0400. The van der Waals surface area contributed by atoms with Crippen LogP contribution in [0.25, 0.3) is 0 Å². The van der Waals surface area contributed by atoms with Crippen molar-refractivity contribution in [2.45, 2.75) is 123 Å². The van der Waals surface area contributed by atoms with Gasteiger partial charge in [0.2, 0.25) is 0 Å². The molecule has 0 aliphatic rings. The van der Waals surface area contributed by atoms with E-state index in [0.29, 0.717) is 0 Å². The number of ether oxygens (including phenoxy) is 1. The van der Waals surface area contributed by atoms with Gasteiger partial charge in [-0.25, -0.2) is 0 Å². The fourth-order valence-electron chi connectivity index (χ4n) is 3.10. The molecule has 0 atom stereocenters. The van der Waals surface area contributed by atoms with E-state index in [2.05, 4.69) is 27.7 Å². The van der Waals surface area contributed by atoms with Gasteiger partial charge in [0, 0.05) is 6.61 Å². The smallest absolute Gasteiger partial charge is 0.0682 e. The maximum Gasteiger partial charge on any atom is 0.0682 e. The van der Waals surface area contributed by atoms with Crippen molar-refractivity contribution >= 4 is 0 Å². The van der Waals surface area contributed by atoms with Crippen LogP contribution in [0.5, 0.6) is 0 Å². The summed E-state index contributed by atoms with van der Waals surface area (Å²) in [4.78, 5) is 0. The van der Waals surface area contributed by atoms with Crippen molar-refractivity contribution in [3.05, 3.63) is 0 Å². The molecule has 0 saturated carbocycles. The van der Waals surface area contributed by atoms with Gasteiger partial charge >= 0.3 is 0 Å². The van der Waals surface area contributed by atoms with E-state index in [1.54, 1.807) is 0 Å². The molecule has 0 aromatic heterocycles. The summed E-state index contributed by atoms with van der Waals surface area (Å²) in [6.45, 7) is 10.2.